The molecular weight excluding hydrogens is 234 g/mol. The molecule has 0 radical (unpaired) electrons. The van der Waals surface area contributed by atoms with Crippen LogP contribution in [0.25, 0.3) is 0 Å². The third-order valence-electron chi connectivity index (χ3n) is 1.97. The molecule has 0 aliphatic rings. The van der Waals surface area contributed by atoms with Crippen molar-refractivity contribution in [2.75, 3.05) is 12.3 Å². The van der Waals surface area contributed by atoms with E-state index in [0.717, 1.165) is 0 Å². The number of nitrogens with two attached hydrogens (primary N) is 1. The van der Waals surface area contributed by atoms with Crippen LogP contribution < -0.4 is 16.4 Å². The second-order valence-corrected chi connectivity index (χ2v) is 4.06. The summed E-state index contributed by atoms with van der Waals surface area (Å²) in [7, 11) is 0. The number of nitrogens with zero attached hydrogens (tertiary/aromatic N) is 2. The Morgan fingerprint density at radius 1 is 1.39 bits per heavy atom. The molecular formula is C11H17N5O2. The molecule has 1 rings (SSSR count). The van der Waals surface area contributed by atoms with Gasteiger partial charge in [0.1, 0.15) is 11.5 Å². The Hall–Kier alpha value is -2.18. The molecule has 18 heavy (non-hydrogen) atoms. The van der Waals surface area contributed by atoms with Gasteiger partial charge in [-0.1, -0.05) is 0 Å². The maximum absolute atomic E-state index is 11.6. The molecule has 2 amide bonds. The fraction of sp³-hybridized carbons (Fsp3) is 0.455. The fourth-order valence-electron chi connectivity index (χ4n) is 1.26. The van der Waals surface area contributed by atoms with Gasteiger partial charge in [0.05, 0.1) is 12.4 Å². The van der Waals surface area contributed by atoms with Gasteiger partial charge in [0.2, 0.25) is 5.91 Å². The number of carbonyl (C=O) groups excluding carboxylic acids is 2. The quantitative estimate of drug-likeness (QED) is 0.665. The molecule has 4 N–H and O–H groups in total. The molecule has 7 nitrogen and oxygen atoms in total. The summed E-state index contributed by atoms with van der Waals surface area (Å²) in [6.07, 6.45) is 2.90. The smallest absolute Gasteiger partial charge is 0.271 e. The maximum atomic E-state index is 11.6. The minimum absolute atomic E-state index is 0.0907. The Bertz CT molecular complexity index is 433. The first-order chi connectivity index (χ1) is 8.49. The molecule has 0 spiro atoms. The van der Waals surface area contributed by atoms with Crippen molar-refractivity contribution >= 4 is 17.6 Å². The zero-order valence-corrected chi connectivity index (χ0v) is 10.4. The number of aromatic nitrogens is 2. The van der Waals surface area contributed by atoms with Crippen LogP contribution in [-0.2, 0) is 4.79 Å². The Morgan fingerprint density at radius 2 is 2.11 bits per heavy atom. The Balaban J connectivity index is 2.36. The summed E-state index contributed by atoms with van der Waals surface area (Å²) in [6.45, 7) is 3.99. The molecule has 1 aromatic heterocycles. The predicted octanol–water partition coefficient (Wildman–Crippen LogP) is -0.297. The summed E-state index contributed by atoms with van der Waals surface area (Å²) in [4.78, 5) is 30.5. The first kappa shape index (κ1) is 13.9. The average molecular weight is 251 g/mol. The van der Waals surface area contributed by atoms with Gasteiger partial charge < -0.3 is 16.4 Å². The molecule has 0 bridgehead atoms. The van der Waals surface area contributed by atoms with E-state index in [1.165, 1.54) is 12.4 Å². The van der Waals surface area contributed by atoms with Crippen molar-refractivity contribution in [3.8, 4) is 0 Å². The summed E-state index contributed by atoms with van der Waals surface area (Å²) >= 11 is 0. The van der Waals surface area contributed by atoms with Crippen molar-refractivity contribution in [2.45, 2.75) is 26.3 Å². The molecule has 1 aromatic rings. The number of carbonyl (C=O) groups is 2. The monoisotopic (exact) mass is 251 g/mol. The van der Waals surface area contributed by atoms with E-state index in [4.69, 9.17) is 5.73 Å². The van der Waals surface area contributed by atoms with Crippen LogP contribution in [0.3, 0.4) is 0 Å². The standard InChI is InChI=1S/C11H17N5O2/c1-7(2)15-10(17)3-4-14-11(18)8-5-13-6-9(12)16-8/h5-7H,3-4H2,1-2H3,(H2,12,16)(H,14,18)(H,15,17). The molecule has 0 saturated carbocycles. The molecule has 1 heterocycles. The number of nitrogen functional groups attached to an aromatic ring is 1. The van der Waals surface area contributed by atoms with E-state index in [1.54, 1.807) is 0 Å². The van der Waals surface area contributed by atoms with Crippen LogP contribution >= 0.6 is 0 Å². The largest absolute Gasteiger partial charge is 0.382 e. The van der Waals surface area contributed by atoms with E-state index in [0.29, 0.717) is 0 Å². The van der Waals surface area contributed by atoms with Gasteiger partial charge in [0, 0.05) is 19.0 Å². The van der Waals surface area contributed by atoms with Crippen LogP contribution in [0.4, 0.5) is 5.82 Å². The van der Waals surface area contributed by atoms with Crippen molar-refractivity contribution in [1.82, 2.24) is 20.6 Å². The lowest BCUT2D eigenvalue weighted by molar-refractivity contribution is -0.121. The number of rotatable bonds is 5. The van der Waals surface area contributed by atoms with Crippen LogP contribution in [0.1, 0.15) is 30.8 Å². The van der Waals surface area contributed by atoms with Gasteiger partial charge in [-0.05, 0) is 13.8 Å². The molecule has 7 heteroatoms. The average Bonchev–Trinajstić information content (AvgIpc) is 2.27. The van der Waals surface area contributed by atoms with Gasteiger partial charge in [0.25, 0.3) is 5.91 Å². The van der Waals surface area contributed by atoms with Crippen molar-refractivity contribution in [3.05, 3.63) is 18.1 Å². The number of hydrogen-bond donors (Lipinski definition) is 3. The van der Waals surface area contributed by atoms with E-state index in [-0.39, 0.29) is 36.4 Å². The van der Waals surface area contributed by atoms with E-state index in [1.807, 2.05) is 13.8 Å². The Kier molecular flexibility index (Phi) is 5.04. The van der Waals surface area contributed by atoms with E-state index >= 15 is 0 Å². The normalized spacial score (nSPS) is 10.2. The third-order valence-corrected chi connectivity index (χ3v) is 1.97. The van der Waals surface area contributed by atoms with Crippen molar-refractivity contribution < 1.29 is 9.59 Å². The number of nitrogens with one attached hydrogen (secondary N) is 2. The highest BCUT2D eigenvalue weighted by atomic mass is 16.2. The highest BCUT2D eigenvalue weighted by Crippen LogP contribution is 1.96. The van der Waals surface area contributed by atoms with Gasteiger partial charge >= 0.3 is 0 Å². The second-order valence-electron chi connectivity index (χ2n) is 4.06. The first-order valence-corrected chi connectivity index (χ1v) is 5.64. The second kappa shape index (κ2) is 6.53. The molecule has 98 valence electrons. The van der Waals surface area contributed by atoms with Gasteiger partial charge in [0.15, 0.2) is 0 Å². The minimum Gasteiger partial charge on any atom is -0.382 e. The lowest BCUT2D eigenvalue weighted by atomic mass is 10.3. The molecule has 0 fully saturated rings. The van der Waals surface area contributed by atoms with E-state index in [9.17, 15) is 9.59 Å². The first-order valence-electron chi connectivity index (χ1n) is 5.64. The summed E-state index contributed by atoms with van der Waals surface area (Å²) in [6, 6.07) is 0.0907. The van der Waals surface area contributed by atoms with Crippen molar-refractivity contribution in [2.24, 2.45) is 0 Å². The van der Waals surface area contributed by atoms with Crippen LogP contribution in [0, 0.1) is 0 Å². The van der Waals surface area contributed by atoms with Gasteiger partial charge in [-0.15, -0.1) is 0 Å². The summed E-state index contributed by atoms with van der Waals surface area (Å²) in [5.41, 5.74) is 5.55. The molecule has 0 aliphatic carbocycles. The van der Waals surface area contributed by atoms with E-state index in [2.05, 4.69) is 20.6 Å². The summed E-state index contributed by atoms with van der Waals surface area (Å²) in [5, 5.41) is 5.30. The van der Waals surface area contributed by atoms with Crippen LogP contribution in [-0.4, -0.2) is 34.4 Å². The van der Waals surface area contributed by atoms with Crippen molar-refractivity contribution in [1.29, 1.82) is 0 Å². The lowest BCUT2D eigenvalue weighted by Gasteiger charge is -2.08. The fourth-order valence-corrected chi connectivity index (χ4v) is 1.26. The number of hydrogen-bond acceptors (Lipinski definition) is 5. The van der Waals surface area contributed by atoms with Crippen molar-refractivity contribution in [3.63, 3.8) is 0 Å². The lowest BCUT2D eigenvalue weighted by Crippen LogP contribution is -2.34. The van der Waals surface area contributed by atoms with Crippen LogP contribution in [0.5, 0.6) is 0 Å². The van der Waals surface area contributed by atoms with Gasteiger partial charge in [-0.3, -0.25) is 14.6 Å². The Morgan fingerprint density at radius 3 is 2.72 bits per heavy atom. The van der Waals surface area contributed by atoms with Crippen LogP contribution in [0.2, 0.25) is 0 Å². The zero-order valence-electron chi connectivity index (χ0n) is 10.4. The molecule has 0 saturated heterocycles. The highest BCUT2D eigenvalue weighted by Gasteiger charge is 2.09. The predicted molar refractivity (Wildman–Crippen MR) is 66.7 cm³/mol. The topological polar surface area (TPSA) is 110 Å². The SMILES string of the molecule is CC(C)NC(=O)CCNC(=O)c1cncc(N)n1. The molecule has 0 unspecified atom stereocenters. The highest BCUT2D eigenvalue weighted by molar-refractivity contribution is 5.92. The molecule has 0 atom stereocenters. The number of anilines is 1. The third kappa shape index (κ3) is 4.77. The summed E-state index contributed by atoms with van der Waals surface area (Å²) in [5.74, 6) is -0.323. The molecule has 0 aliphatic heterocycles. The summed E-state index contributed by atoms with van der Waals surface area (Å²) < 4.78 is 0. The van der Waals surface area contributed by atoms with E-state index < -0.39 is 5.91 Å². The Labute approximate surface area is 105 Å². The minimum atomic E-state index is -0.396. The number of amides is 2. The van der Waals surface area contributed by atoms with Gasteiger partial charge in [-0.25, -0.2) is 4.98 Å². The molecule has 0 aromatic carbocycles. The van der Waals surface area contributed by atoms with Gasteiger partial charge in [-0.2, -0.15) is 0 Å². The van der Waals surface area contributed by atoms with Crippen LogP contribution in [0.15, 0.2) is 12.4 Å². The zero-order chi connectivity index (χ0) is 13.5. The maximum Gasteiger partial charge on any atom is 0.271 e.